The second-order valence-corrected chi connectivity index (χ2v) is 2.73. The van der Waals surface area contributed by atoms with Crippen LogP contribution in [-0.2, 0) is 6.42 Å². The highest BCUT2D eigenvalue weighted by atomic mass is 19.3. The molecule has 1 heterocycles. The first-order valence-electron chi connectivity index (χ1n) is 4.05. The van der Waals surface area contributed by atoms with Gasteiger partial charge in [-0.05, 0) is 5.56 Å². The predicted molar refractivity (Wildman–Crippen MR) is 47.9 cm³/mol. The van der Waals surface area contributed by atoms with Gasteiger partial charge in [-0.1, -0.05) is 0 Å². The molecule has 0 saturated carbocycles. The van der Waals surface area contributed by atoms with Crippen LogP contribution in [0.4, 0.5) is 8.78 Å². The van der Waals surface area contributed by atoms with Gasteiger partial charge in [0.25, 0.3) is 12.0 Å². The summed E-state index contributed by atoms with van der Waals surface area (Å²) in [5, 5.41) is 8.43. The Bertz CT molecular complexity index is 448. The monoisotopic (exact) mass is 214 g/mol. The first-order chi connectivity index (χ1) is 7.11. The van der Waals surface area contributed by atoms with Crippen LogP contribution >= 0.6 is 0 Å². The molecule has 4 nitrogen and oxygen atoms in total. The number of pyridine rings is 1. The quantitative estimate of drug-likeness (QED) is 0.826. The van der Waals surface area contributed by atoms with Gasteiger partial charge >= 0.3 is 0 Å². The molecule has 0 bridgehead atoms. The highest BCUT2D eigenvalue weighted by Crippen LogP contribution is 2.28. The molecular formula is C9H8F2N2O2. The number of rotatable bonds is 3. The van der Waals surface area contributed by atoms with Crippen molar-refractivity contribution in [2.45, 2.75) is 12.8 Å². The van der Waals surface area contributed by atoms with Crippen LogP contribution in [0.25, 0.3) is 0 Å². The Labute approximate surface area is 84.1 Å². The standard InChI is InChI=1S/C9H8F2N2O2/c1-15-7-6(8(10)11)5(2-3-12)4-13-9(7)14/h4,8H,2H2,1H3,(H,13,14). The van der Waals surface area contributed by atoms with Crippen molar-refractivity contribution < 1.29 is 13.5 Å². The molecule has 0 amide bonds. The number of aromatic nitrogens is 1. The van der Waals surface area contributed by atoms with E-state index >= 15 is 0 Å². The average molecular weight is 214 g/mol. The topological polar surface area (TPSA) is 65.9 Å². The van der Waals surface area contributed by atoms with Crippen LogP contribution < -0.4 is 10.3 Å². The van der Waals surface area contributed by atoms with Gasteiger partial charge in [-0.3, -0.25) is 4.79 Å². The van der Waals surface area contributed by atoms with Gasteiger partial charge in [0.05, 0.1) is 25.2 Å². The van der Waals surface area contributed by atoms with E-state index < -0.39 is 23.3 Å². The molecule has 0 aliphatic rings. The van der Waals surface area contributed by atoms with Crippen LogP contribution in [0.2, 0.25) is 0 Å². The summed E-state index contributed by atoms with van der Waals surface area (Å²) < 4.78 is 29.9. The minimum atomic E-state index is -2.84. The van der Waals surface area contributed by atoms with Gasteiger partial charge in [0.2, 0.25) is 0 Å². The largest absolute Gasteiger partial charge is 0.491 e. The van der Waals surface area contributed by atoms with Crippen molar-refractivity contribution >= 4 is 0 Å². The van der Waals surface area contributed by atoms with Gasteiger partial charge < -0.3 is 9.72 Å². The van der Waals surface area contributed by atoms with Crippen LogP contribution in [0.3, 0.4) is 0 Å². The van der Waals surface area contributed by atoms with Gasteiger partial charge in [0.1, 0.15) is 0 Å². The molecule has 0 fully saturated rings. The summed E-state index contributed by atoms with van der Waals surface area (Å²) >= 11 is 0. The number of nitrogens with one attached hydrogen (secondary N) is 1. The normalized spacial score (nSPS) is 10.1. The zero-order valence-corrected chi connectivity index (χ0v) is 7.88. The van der Waals surface area contributed by atoms with Crippen LogP contribution in [0, 0.1) is 11.3 Å². The fraction of sp³-hybridized carbons (Fsp3) is 0.333. The third kappa shape index (κ3) is 2.13. The first kappa shape index (κ1) is 11.2. The summed E-state index contributed by atoms with van der Waals surface area (Å²) in [6, 6.07) is 1.74. The number of halogens is 2. The summed E-state index contributed by atoms with van der Waals surface area (Å²) in [4.78, 5) is 13.4. The molecule has 1 N–H and O–H groups in total. The molecular weight excluding hydrogens is 206 g/mol. The summed E-state index contributed by atoms with van der Waals surface area (Å²) in [5.74, 6) is -0.433. The highest BCUT2D eigenvalue weighted by molar-refractivity contribution is 5.39. The third-order valence-corrected chi connectivity index (χ3v) is 1.87. The van der Waals surface area contributed by atoms with Gasteiger partial charge in [-0.15, -0.1) is 0 Å². The van der Waals surface area contributed by atoms with Gasteiger partial charge in [-0.25, -0.2) is 8.78 Å². The van der Waals surface area contributed by atoms with Crippen molar-refractivity contribution in [3.8, 4) is 11.8 Å². The Morgan fingerprint density at radius 1 is 1.67 bits per heavy atom. The van der Waals surface area contributed by atoms with Gasteiger partial charge in [0, 0.05) is 6.20 Å². The first-order valence-corrected chi connectivity index (χ1v) is 4.05. The Morgan fingerprint density at radius 3 is 2.80 bits per heavy atom. The molecule has 80 valence electrons. The number of aromatic amines is 1. The van der Waals surface area contributed by atoms with Crippen molar-refractivity contribution in [2.24, 2.45) is 0 Å². The Hall–Kier alpha value is -1.90. The predicted octanol–water partition coefficient (Wildman–Crippen LogP) is 1.39. The maximum atomic E-state index is 12.6. The van der Waals surface area contributed by atoms with Crippen molar-refractivity contribution in [1.29, 1.82) is 5.26 Å². The van der Waals surface area contributed by atoms with E-state index in [0.717, 1.165) is 13.3 Å². The molecule has 1 aromatic heterocycles. The lowest BCUT2D eigenvalue weighted by Crippen LogP contribution is -2.14. The highest BCUT2D eigenvalue weighted by Gasteiger charge is 2.21. The summed E-state index contributed by atoms with van der Waals surface area (Å²) in [6.45, 7) is 0. The summed E-state index contributed by atoms with van der Waals surface area (Å²) in [6.07, 6.45) is -1.94. The van der Waals surface area contributed by atoms with E-state index in [2.05, 4.69) is 9.72 Å². The van der Waals surface area contributed by atoms with Crippen molar-refractivity contribution in [1.82, 2.24) is 4.98 Å². The second-order valence-electron chi connectivity index (χ2n) is 2.73. The molecule has 0 aliphatic heterocycles. The van der Waals surface area contributed by atoms with E-state index in [4.69, 9.17) is 5.26 Å². The Balaban J connectivity index is 3.43. The van der Waals surface area contributed by atoms with E-state index in [-0.39, 0.29) is 12.0 Å². The lowest BCUT2D eigenvalue weighted by atomic mass is 10.1. The zero-order valence-electron chi connectivity index (χ0n) is 7.88. The lowest BCUT2D eigenvalue weighted by Gasteiger charge is -2.09. The SMILES string of the molecule is COc1c(C(F)F)c(CC#N)c[nH]c1=O. The fourth-order valence-corrected chi connectivity index (χ4v) is 1.24. The Morgan fingerprint density at radius 2 is 2.33 bits per heavy atom. The number of H-pyrrole nitrogens is 1. The molecule has 0 spiro atoms. The maximum Gasteiger partial charge on any atom is 0.290 e. The number of alkyl halides is 2. The molecule has 1 rings (SSSR count). The van der Waals surface area contributed by atoms with E-state index in [1.54, 1.807) is 6.07 Å². The number of hydrogen-bond donors (Lipinski definition) is 1. The number of ether oxygens (including phenoxy) is 1. The van der Waals surface area contributed by atoms with E-state index in [0.29, 0.717) is 0 Å². The van der Waals surface area contributed by atoms with E-state index in [9.17, 15) is 13.6 Å². The van der Waals surface area contributed by atoms with Crippen molar-refractivity contribution in [3.05, 3.63) is 27.7 Å². The molecule has 0 saturated heterocycles. The Kier molecular flexibility index (Phi) is 3.39. The smallest absolute Gasteiger partial charge is 0.290 e. The van der Waals surface area contributed by atoms with Crippen LogP contribution in [0.1, 0.15) is 17.6 Å². The van der Waals surface area contributed by atoms with Crippen molar-refractivity contribution in [2.75, 3.05) is 7.11 Å². The second kappa shape index (κ2) is 4.55. The number of nitriles is 1. The van der Waals surface area contributed by atoms with Crippen molar-refractivity contribution in [3.63, 3.8) is 0 Å². The van der Waals surface area contributed by atoms with E-state index in [1.807, 2.05) is 0 Å². The molecule has 1 aromatic rings. The molecule has 0 aliphatic carbocycles. The summed E-state index contributed by atoms with van der Waals surface area (Å²) in [7, 11) is 1.13. The number of nitrogens with zero attached hydrogens (tertiary/aromatic N) is 1. The molecule has 0 aromatic carbocycles. The molecule has 15 heavy (non-hydrogen) atoms. The minimum absolute atomic E-state index is 0.0731. The zero-order chi connectivity index (χ0) is 11.4. The van der Waals surface area contributed by atoms with Gasteiger partial charge in [-0.2, -0.15) is 5.26 Å². The van der Waals surface area contributed by atoms with Gasteiger partial charge in [0.15, 0.2) is 5.75 Å². The van der Waals surface area contributed by atoms with Crippen LogP contribution in [0.5, 0.6) is 5.75 Å². The van der Waals surface area contributed by atoms with Crippen LogP contribution in [-0.4, -0.2) is 12.1 Å². The summed E-state index contributed by atoms with van der Waals surface area (Å²) in [5.41, 5.74) is -1.17. The fourth-order valence-electron chi connectivity index (χ4n) is 1.24. The lowest BCUT2D eigenvalue weighted by molar-refractivity contribution is 0.145. The van der Waals surface area contributed by atoms with Crippen LogP contribution in [0.15, 0.2) is 11.0 Å². The van der Waals surface area contributed by atoms with E-state index in [1.165, 1.54) is 0 Å². The molecule has 0 atom stereocenters. The number of methoxy groups -OCH3 is 1. The molecule has 0 radical (unpaired) electrons. The third-order valence-electron chi connectivity index (χ3n) is 1.87. The minimum Gasteiger partial charge on any atom is -0.491 e. The average Bonchev–Trinajstić information content (AvgIpc) is 2.20. The number of hydrogen-bond acceptors (Lipinski definition) is 3. The molecule has 6 heteroatoms. The molecule has 0 unspecified atom stereocenters. The maximum absolute atomic E-state index is 12.6.